The lowest BCUT2D eigenvalue weighted by atomic mass is 10.0. The van der Waals surface area contributed by atoms with Crippen molar-refractivity contribution in [3.05, 3.63) is 29.8 Å². The minimum Gasteiger partial charge on any atom is -0.481 e. The van der Waals surface area contributed by atoms with Crippen LogP contribution in [-0.2, 0) is 4.79 Å². The Labute approximate surface area is 133 Å². The molecule has 0 aliphatic carbocycles. The molecule has 1 heterocycles. The van der Waals surface area contributed by atoms with Gasteiger partial charge in [-0.25, -0.2) is 0 Å². The van der Waals surface area contributed by atoms with Crippen molar-refractivity contribution in [2.45, 2.75) is 52.2 Å². The van der Waals surface area contributed by atoms with Crippen molar-refractivity contribution < 1.29 is 9.53 Å². The number of benzene rings is 1. The number of ether oxygens (including phenoxy) is 1. The van der Waals surface area contributed by atoms with E-state index in [2.05, 4.69) is 26.8 Å². The fraction of sp³-hybridized carbons (Fsp3) is 0.611. The average Bonchev–Trinajstić information content (AvgIpc) is 2.87. The maximum absolute atomic E-state index is 12.6. The van der Waals surface area contributed by atoms with Gasteiger partial charge in [0.15, 0.2) is 6.10 Å². The van der Waals surface area contributed by atoms with Crippen LogP contribution in [0.4, 0.5) is 0 Å². The van der Waals surface area contributed by atoms with Gasteiger partial charge < -0.3 is 15.4 Å². The molecule has 0 saturated carbocycles. The van der Waals surface area contributed by atoms with Gasteiger partial charge in [0.25, 0.3) is 5.91 Å². The minimum absolute atomic E-state index is 0.0541. The van der Waals surface area contributed by atoms with Crippen LogP contribution in [0.25, 0.3) is 0 Å². The average molecular weight is 304 g/mol. The molecule has 3 unspecified atom stereocenters. The van der Waals surface area contributed by atoms with Gasteiger partial charge in [-0.3, -0.25) is 4.79 Å². The maximum atomic E-state index is 12.6. The predicted molar refractivity (Wildman–Crippen MR) is 89.0 cm³/mol. The molecule has 0 spiro atoms. The first-order valence-corrected chi connectivity index (χ1v) is 8.19. The van der Waals surface area contributed by atoms with Crippen LogP contribution in [0.15, 0.2) is 24.3 Å². The van der Waals surface area contributed by atoms with Gasteiger partial charge >= 0.3 is 0 Å². The third-order valence-corrected chi connectivity index (χ3v) is 4.46. The molecule has 2 rings (SSSR count). The molecular weight excluding hydrogens is 276 g/mol. The van der Waals surface area contributed by atoms with Crippen LogP contribution in [0, 0.1) is 5.92 Å². The Hall–Kier alpha value is -1.55. The molecule has 1 aliphatic rings. The highest BCUT2D eigenvalue weighted by Crippen LogP contribution is 2.25. The SMILES string of the molecule is CC(Oc1cccc(C(C)C)c1)C(=O)N1CC(CN)CC1C. The molecule has 2 N–H and O–H groups in total. The summed E-state index contributed by atoms with van der Waals surface area (Å²) in [6, 6.07) is 8.23. The number of nitrogens with zero attached hydrogens (tertiary/aromatic N) is 1. The largest absolute Gasteiger partial charge is 0.481 e. The molecule has 122 valence electrons. The van der Waals surface area contributed by atoms with Crippen LogP contribution in [0.1, 0.15) is 45.6 Å². The van der Waals surface area contributed by atoms with Crippen molar-refractivity contribution >= 4 is 5.91 Å². The lowest BCUT2D eigenvalue weighted by molar-refractivity contribution is -0.138. The predicted octanol–water partition coefficient (Wildman–Crippen LogP) is 2.77. The minimum atomic E-state index is -0.471. The maximum Gasteiger partial charge on any atom is 0.263 e. The Balaban J connectivity index is 2.01. The lowest BCUT2D eigenvalue weighted by Gasteiger charge is -2.25. The molecule has 3 atom stereocenters. The summed E-state index contributed by atoms with van der Waals surface area (Å²) in [6.45, 7) is 9.59. The number of nitrogens with two attached hydrogens (primary N) is 1. The van der Waals surface area contributed by atoms with Crippen LogP contribution < -0.4 is 10.5 Å². The quantitative estimate of drug-likeness (QED) is 0.910. The lowest BCUT2D eigenvalue weighted by Crippen LogP contribution is -2.42. The molecule has 0 radical (unpaired) electrons. The molecule has 22 heavy (non-hydrogen) atoms. The molecule has 1 aromatic rings. The van der Waals surface area contributed by atoms with Crippen LogP contribution >= 0.6 is 0 Å². The highest BCUT2D eigenvalue weighted by molar-refractivity contribution is 5.81. The number of likely N-dealkylation sites (tertiary alicyclic amines) is 1. The van der Waals surface area contributed by atoms with Crippen molar-refractivity contribution in [2.24, 2.45) is 11.7 Å². The van der Waals surface area contributed by atoms with E-state index in [0.717, 1.165) is 18.7 Å². The first-order valence-electron chi connectivity index (χ1n) is 8.19. The van der Waals surface area contributed by atoms with Gasteiger partial charge in [0.2, 0.25) is 0 Å². The Kier molecular flexibility index (Phi) is 5.46. The molecule has 1 fully saturated rings. The van der Waals surface area contributed by atoms with E-state index >= 15 is 0 Å². The van der Waals surface area contributed by atoms with Crippen LogP contribution in [0.3, 0.4) is 0 Å². The molecule has 1 aromatic carbocycles. The molecule has 1 aliphatic heterocycles. The zero-order valence-electron chi connectivity index (χ0n) is 14.1. The first-order chi connectivity index (χ1) is 10.4. The Bertz CT molecular complexity index is 516. The Morgan fingerprint density at radius 3 is 2.73 bits per heavy atom. The van der Waals surface area contributed by atoms with E-state index < -0.39 is 6.10 Å². The van der Waals surface area contributed by atoms with Gasteiger partial charge in [-0.15, -0.1) is 0 Å². The van der Waals surface area contributed by atoms with E-state index in [1.54, 1.807) is 0 Å². The van der Waals surface area contributed by atoms with Gasteiger partial charge in [0.1, 0.15) is 5.75 Å². The van der Waals surface area contributed by atoms with Gasteiger partial charge in [0, 0.05) is 12.6 Å². The summed E-state index contributed by atoms with van der Waals surface area (Å²) >= 11 is 0. The number of amides is 1. The molecular formula is C18H28N2O2. The number of rotatable bonds is 5. The summed E-state index contributed by atoms with van der Waals surface area (Å²) in [6.07, 6.45) is 0.513. The summed E-state index contributed by atoms with van der Waals surface area (Å²) in [7, 11) is 0. The number of carbonyl (C=O) groups excluding carboxylic acids is 1. The van der Waals surface area contributed by atoms with Crippen LogP contribution in [0.2, 0.25) is 0 Å². The fourth-order valence-corrected chi connectivity index (χ4v) is 3.06. The summed E-state index contributed by atoms with van der Waals surface area (Å²) < 4.78 is 5.87. The van der Waals surface area contributed by atoms with Crippen molar-refractivity contribution in [1.29, 1.82) is 0 Å². The first kappa shape index (κ1) is 16.8. The van der Waals surface area contributed by atoms with E-state index in [-0.39, 0.29) is 11.9 Å². The van der Waals surface area contributed by atoms with Crippen LogP contribution in [-0.4, -0.2) is 36.0 Å². The molecule has 1 amide bonds. The number of hydrogen-bond donors (Lipinski definition) is 1. The van der Waals surface area contributed by atoms with Gasteiger partial charge in [0.05, 0.1) is 0 Å². The number of hydrogen-bond acceptors (Lipinski definition) is 3. The van der Waals surface area contributed by atoms with Crippen molar-refractivity contribution in [3.8, 4) is 5.75 Å². The smallest absolute Gasteiger partial charge is 0.263 e. The van der Waals surface area contributed by atoms with Crippen molar-refractivity contribution in [1.82, 2.24) is 4.90 Å². The number of carbonyl (C=O) groups is 1. The Morgan fingerprint density at radius 2 is 2.14 bits per heavy atom. The fourth-order valence-electron chi connectivity index (χ4n) is 3.06. The molecule has 0 bridgehead atoms. The normalized spacial score (nSPS) is 22.9. The second-order valence-electron chi connectivity index (χ2n) is 6.66. The van der Waals surface area contributed by atoms with E-state index in [9.17, 15) is 4.79 Å². The van der Waals surface area contributed by atoms with E-state index in [1.807, 2.05) is 30.0 Å². The third kappa shape index (κ3) is 3.80. The van der Waals surface area contributed by atoms with Crippen LogP contribution in [0.5, 0.6) is 5.75 Å². The third-order valence-electron chi connectivity index (χ3n) is 4.46. The van der Waals surface area contributed by atoms with E-state index in [4.69, 9.17) is 10.5 Å². The summed E-state index contributed by atoms with van der Waals surface area (Å²) in [5.41, 5.74) is 6.95. The highest BCUT2D eigenvalue weighted by atomic mass is 16.5. The second-order valence-corrected chi connectivity index (χ2v) is 6.66. The van der Waals surface area contributed by atoms with Gasteiger partial charge in [-0.2, -0.15) is 0 Å². The van der Waals surface area contributed by atoms with Gasteiger partial charge in [-0.1, -0.05) is 26.0 Å². The summed E-state index contributed by atoms with van der Waals surface area (Å²) in [5, 5.41) is 0. The van der Waals surface area contributed by atoms with Crippen molar-refractivity contribution in [2.75, 3.05) is 13.1 Å². The van der Waals surface area contributed by atoms with E-state index in [0.29, 0.717) is 18.4 Å². The van der Waals surface area contributed by atoms with E-state index in [1.165, 1.54) is 5.56 Å². The zero-order chi connectivity index (χ0) is 16.3. The highest BCUT2D eigenvalue weighted by Gasteiger charge is 2.34. The zero-order valence-corrected chi connectivity index (χ0v) is 14.1. The second kappa shape index (κ2) is 7.14. The molecule has 4 nitrogen and oxygen atoms in total. The molecule has 1 saturated heterocycles. The van der Waals surface area contributed by atoms with Gasteiger partial charge in [-0.05, 0) is 56.3 Å². The summed E-state index contributed by atoms with van der Waals surface area (Å²) in [4.78, 5) is 14.5. The topological polar surface area (TPSA) is 55.6 Å². The summed E-state index contributed by atoms with van der Waals surface area (Å²) in [5.74, 6) is 1.67. The molecule has 4 heteroatoms. The van der Waals surface area contributed by atoms with Crippen molar-refractivity contribution in [3.63, 3.8) is 0 Å². The monoisotopic (exact) mass is 304 g/mol. The standard InChI is InChI=1S/C18H28N2O2/c1-12(2)16-6-5-7-17(9-16)22-14(4)18(21)20-11-15(10-19)8-13(20)3/h5-7,9,12-15H,8,10-11,19H2,1-4H3. The molecule has 0 aromatic heterocycles. The Morgan fingerprint density at radius 1 is 1.41 bits per heavy atom.